The van der Waals surface area contributed by atoms with Crippen molar-refractivity contribution in [3.63, 3.8) is 0 Å². The summed E-state index contributed by atoms with van der Waals surface area (Å²) in [5.41, 5.74) is 10.1. The zero-order chi connectivity index (χ0) is 29.5. The van der Waals surface area contributed by atoms with Crippen molar-refractivity contribution in [1.29, 1.82) is 0 Å². The summed E-state index contributed by atoms with van der Waals surface area (Å²) in [6.45, 7) is 2.10. The first-order valence-corrected chi connectivity index (χ1v) is 14.7. The van der Waals surface area contributed by atoms with Crippen LogP contribution in [-0.4, -0.2) is 15.0 Å². The molecule has 2 heterocycles. The van der Waals surface area contributed by atoms with Gasteiger partial charge in [-0.05, 0) is 47.4 Å². The highest BCUT2D eigenvalue weighted by molar-refractivity contribution is 6.13. The molecular formula is C40H27N3O. The van der Waals surface area contributed by atoms with Crippen LogP contribution in [-0.2, 0) is 0 Å². The van der Waals surface area contributed by atoms with Gasteiger partial charge in [0.05, 0.1) is 0 Å². The Hall–Kier alpha value is -5.87. The smallest absolute Gasteiger partial charge is 0.164 e. The third kappa shape index (κ3) is 4.63. The predicted octanol–water partition coefficient (Wildman–Crippen LogP) is 10.4. The van der Waals surface area contributed by atoms with Gasteiger partial charge in [0.1, 0.15) is 11.2 Å². The molecule has 0 aliphatic heterocycles. The van der Waals surface area contributed by atoms with E-state index in [4.69, 9.17) is 19.4 Å². The Morgan fingerprint density at radius 1 is 0.409 bits per heavy atom. The molecule has 0 fully saturated rings. The summed E-state index contributed by atoms with van der Waals surface area (Å²) in [4.78, 5) is 15.0. The van der Waals surface area contributed by atoms with Crippen LogP contribution in [0, 0.1) is 6.92 Å². The average molecular weight is 566 g/mol. The molecule has 0 radical (unpaired) electrons. The molecule has 6 aromatic carbocycles. The van der Waals surface area contributed by atoms with Crippen LogP contribution in [0.2, 0.25) is 0 Å². The normalized spacial score (nSPS) is 11.3. The van der Waals surface area contributed by atoms with Crippen LogP contribution in [0.5, 0.6) is 0 Å². The Bertz CT molecular complexity index is 2270. The van der Waals surface area contributed by atoms with Gasteiger partial charge in [-0.15, -0.1) is 0 Å². The molecule has 8 aromatic rings. The van der Waals surface area contributed by atoms with E-state index in [2.05, 4.69) is 91.9 Å². The standard InChI is InChI=1S/C40H27N3O/c1-26-19-21-28(22-20-26)31-15-8-9-16-33(31)40-42-38(29-13-6-3-7-14-29)41-39(43-40)30-23-24-34-36(25-30)44-35-18-10-17-32(37(34)35)27-11-4-2-5-12-27/h2-25H,1H3. The zero-order valence-electron chi connectivity index (χ0n) is 24.1. The summed E-state index contributed by atoms with van der Waals surface area (Å²) in [7, 11) is 0. The molecule has 0 unspecified atom stereocenters. The van der Waals surface area contributed by atoms with E-state index in [0.29, 0.717) is 17.5 Å². The molecule has 0 N–H and O–H groups in total. The minimum absolute atomic E-state index is 0.596. The van der Waals surface area contributed by atoms with E-state index in [1.54, 1.807) is 0 Å². The van der Waals surface area contributed by atoms with Gasteiger partial charge in [0.2, 0.25) is 0 Å². The molecule has 44 heavy (non-hydrogen) atoms. The molecule has 4 nitrogen and oxygen atoms in total. The first-order chi connectivity index (χ1) is 21.7. The number of hydrogen-bond donors (Lipinski definition) is 0. The van der Waals surface area contributed by atoms with Crippen molar-refractivity contribution in [2.24, 2.45) is 0 Å². The number of fused-ring (bicyclic) bond motifs is 3. The van der Waals surface area contributed by atoms with E-state index >= 15 is 0 Å². The van der Waals surface area contributed by atoms with Crippen LogP contribution in [0.3, 0.4) is 0 Å². The third-order valence-electron chi connectivity index (χ3n) is 8.04. The minimum atomic E-state index is 0.596. The van der Waals surface area contributed by atoms with Crippen molar-refractivity contribution in [2.75, 3.05) is 0 Å². The number of benzene rings is 6. The molecular weight excluding hydrogens is 538 g/mol. The second-order valence-electron chi connectivity index (χ2n) is 10.9. The SMILES string of the molecule is Cc1ccc(-c2ccccc2-c2nc(-c3ccccc3)nc(-c3ccc4c(c3)oc3cccc(-c5ccccc5)c34)n2)cc1. The molecule has 208 valence electrons. The molecule has 0 saturated heterocycles. The van der Waals surface area contributed by atoms with Crippen molar-refractivity contribution in [3.8, 4) is 56.4 Å². The summed E-state index contributed by atoms with van der Waals surface area (Å²) in [6, 6.07) is 49.8. The van der Waals surface area contributed by atoms with E-state index in [1.165, 1.54) is 5.56 Å². The fourth-order valence-electron chi connectivity index (χ4n) is 5.83. The van der Waals surface area contributed by atoms with E-state index in [9.17, 15) is 0 Å². The molecule has 8 rings (SSSR count). The predicted molar refractivity (Wildman–Crippen MR) is 179 cm³/mol. The molecule has 0 saturated carbocycles. The lowest BCUT2D eigenvalue weighted by molar-refractivity contribution is 0.669. The quantitative estimate of drug-likeness (QED) is 0.208. The third-order valence-corrected chi connectivity index (χ3v) is 8.04. The van der Waals surface area contributed by atoms with Crippen molar-refractivity contribution in [3.05, 3.63) is 151 Å². The minimum Gasteiger partial charge on any atom is -0.456 e. The zero-order valence-corrected chi connectivity index (χ0v) is 24.1. The van der Waals surface area contributed by atoms with Gasteiger partial charge in [-0.1, -0.05) is 133 Å². The number of rotatable bonds is 5. The van der Waals surface area contributed by atoms with Gasteiger partial charge in [0.25, 0.3) is 0 Å². The molecule has 4 heteroatoms. The maximum atomic E-state index is 6.42. The Morgan fingerprint density at radius 2 is 0.977 bits per heavy atom. The monoisotopic (exact) mass is 565 g/mol. The van der Waals surface area contributed by atoms with Gasteiger partial charge in [0, 0.05) is 27.5 Å². The highest BCUT2D eigenvalue weighted by atomic mass is 16.3. The number of furan rings is 1. The molecule has 2 aromatic heterocycles. The molecule has 0 bridgehead atoms. The van der Waals surface area contributed by atoms with Crippen LogP contribution in [0.25, 0.3) is 78.4 Å². The highest BCUT2D eigenvalue weighted by Crippen LogP contribution is 2.38. The van der Waals surface area contributed by atoms with Crippen LogP contribution < -0.4 is 0 Å². The van der Waals surface area contributed by atoms with Gasteiger partial charge in [0.15, 0.2) is 17.5 Å². The lowest BCUT2D eigenvalue weighted by Gasteiger charge is -2.12. The number of aryl methyl sites for hydroxylation is 1. The van der Waals surface area contributed by atoms with Crippen LogP contribution in [0.4, 0.5) is 0 Å². The van der Waals surface area contributed by atoms with E-state index in [-0.39, 0.29) is 0 Å². The molecule has 0 spiro atoms. The Balaban J connectivity index is 1.31. The van der Waals surface area contributed by atoms with Crippen LogP contribution >= 0.6 is 0 Å². The lowest BCUT2D eigenvalue weighted by Crippen LogP contribution is -2.01. The second kappa shape index (κ2) is 10.8. The Morgan fingerprint density at radius 3 is 1.73 bits per heavy atom. The van der Waals surface area contributed by atoms with E-state index in [1.807, 2.05) is 60.7 Å². The van der Waals surface area contributed by atoms with Crippen LogP contribution in [0.1, 0.15) is 5.56 Å². The van der Waals surface area contributed by atoms with Gasteiger partial charge in [-0.3, -0.25) is 0 Å². The average Bonchev–Trinajstić information content (AvgIpc) is 3.47. The summed E-state index contributed by atoms with van der Waals surface area (Å²) in [5, 5.41) is 2.17. The summed E-state index contributed by atoms with van der Waals surface area (Å²) < 4.78 is 6.42. The van der Waals surface area contributed by atoms with Gasteiger partial charge < -0.3 is 4.42 Å². The fourth-order valence-corrected chi connectivity index (χ4v) is 5.83. The van der Waals surface area contributed by atoms with Crippen molar-refractivity contribution in [2.45, 2.75) is 6.92 Å². The summed E-state index contributed by atoms with van der Waals surface area (Å²) in [6.07, 6.45) is 0. The fraction of sp³-hybridized carbons (Fsp3) is 0.0250. The molecule has 0 atom stereocenters. The highest BCUT2D eigenvalue weighted by Gasteiger charge is 2.18. The van der Waals surface area contributed by atoms with Crippen LogP contribution in [0.15, 0.2) is 150 Å². The molecule has 0 aliphatic rings. The Kier molecular flexibility index (Phi) is 6.31. The summed E-state index contributed by atoms with van der Waals surface area (Å²) >= 11 is 0. The van der Waals surface area contributed by atoms with E-state index < -0.39 is 0 Å². The van der Waals surface area contributed by atoms with Crippen molar-refractivity contribution < 1.29 is 4.42 Å². The molecule has 0 amide bonds. The number of nitrogens with zero attached hydrogens (tertiary/aromatic N) is 3. The van der Waals surface area contributed by atoms with Crippen molar-refractivity contribution >= 4 is 21.9 Å². The second-order valence-corrected chi connectivity index (χ2v) is 10.9. The number of hydrogen-bond acceptors (Lipinski definition) is 4. The largest absolute Gasteiger partial charge is 0.456 e. The lowest BCUT2D eigenvalue weighted by atomic mass is 9.98. The first-order valence-electron chi connectivity index (χ1n) is 14.7. The summed E-state index contributed by atoms with van der Waals surface area (Å²) in [5.74, 6) is 1.85. The van der Waals surface area contributed by atoms with E-state index in [0.717, 1.165) is 60.9 Å². The first kappa shape index (κ1) is 25.8. The van der Waals surface area contributed by atoms with Crippen molar-refractivity contribution in [1.82, 2.24) is 15.0 Å². The van der Waals surface area contributed by atoms with Gasteiger partial charge in [-0.25, -0.2) is 15.0 Å². The maximum Gasteiger partial charge on any atom is 0.164 e. The number of aromatic nitrogens is 3. The van der Waals surface area contributed by atoms with Gasteiger partial charge in [-0.2, -0.15) is 0 Å². The Labute approximate surface area is 255 Å². The molecule has 0 aliphatic carbocycles. The topological polar surface area (TPSA) is 51.8 Å². The van der Waals surface area contributed by atoms with Gasteiger partial charge >= 0.3 is 0 Å². The maximum absolute atomic E-state index is 6.42.